The first-order valence-electron chi connectivity index (χ1n) is 6.90. The number of rotatable bonds is 4. The summed E-state index contributed by atoms with van der Waals surface area (Å²) in [6, 6.07) is 5.37. The second kappa shape index (κ2) is 6.95. The zero-order valence-electron chi connectivity index (χ0n) is 12.0. The molecular formula is C15H21ClN2O2. The van der Waals surface area contributed by atoms with Gasteiger partial charge in [0.25, 0.3) is 0 Å². The lowest BCUT2D eigenvalue weighted by molar-refractivity contribution is 0.0601. The maximum atomic E-state index is 11.6. The lowest BCUT2D eigenvalue weighted by Crippen LogP contribution is -2.32. The van der Waals surface area contributed by atoms with Crippen LogP contribution in [0.4, 0.5) is 5.69 Å². The molecule has 0 aliphatic carbocycles. The predicted octanol–water partition coefficient (Wildman–Crippen LogP) is 2.88. The Morgan fingerprint density at radius 2 is 2.15 bits per heavy atom. The molecule has 0 unspecified atom stereocenters. The minimum absolute atomic E-state index is 0.405. The summed E-state index contributed by atoms with van der Waals surface area (Å²) < 4.78 is 4.72. The highest BCUT2D eigenvalue weighted by Crippen LogP contribution is 2.22. The van der Waals surface area contributed by atoms with Gasteiger partial charge in [0.2, 0.25) is 0 Å². The van der Waals surface area contributed by atoms with Crippen molar-refractivity contribution in [3.05, 3.63) is 28.8 Å². The molecule has 1 saturated heterocycles. The highest BCUT2D eigenvalue weighted by molar-refractivity contribution is 6.33. The van der Waals surface area contributed by atoms with Gasteiger partial charge in [0.1, 0.15) is 0 Å². The molecular weight excluding hydrogens is 276 g/mol. The van der Waals surface area contributed by atoms with Gasteiger partial charge in [-0.3, -0.25) is 0 Å². The molecule has 1 heterocycles. The molecule has 1 aromatic rings. The lowest BCUT2D eigenvalue weighted by Gasteiger charge is -2.29. The predicted molar refractivity (Wildman–Crippen MR) is 81.5 cm³/mol. The zero-order valence-corrected chi connectivity index (χ0v) is 12.7. The van der Waals surface area contributed by atoms with Crippen LogP contribution in [-0.2, 0) is 4.74 Å². The molecule has 0 radical (unpaired) electrons. The minimum atomic E-state index is -0.405. The van der Waals surface area contributed by atoms with Crippen molar-refractivity contribution in [2.75, 3.05) is 39.1 Å². The Labute approximate surface area is 125 Å². The van der Waals surface area contributed by atoms with E-state index in [0.29, 0.717) is 16.5 Å². The number of hydrogen-bond acceptors (Lipinski definition) is 4. The van der Waals surface area contributed by atoms with E-state index in [1.165, 1.54) is 20.0 Å². The van der Waals surface area contributed by atoms with Crippen LogP contribution < -0.4 is 5.32 Å². The largest absolute Gasteiger partial charge is 0.465 e. The number of ether oxygens (including phenoxy) is 1. The van der Waals surface area contributed by atoms with E-state index in [-0.39, 0.29) is 0 Å². The molecule has 0 saturated carbocycles. The topological polar surface area (TPSA) is 41.6 Å². The van der Waals surface area contributed by atoms with Crippen molar-refractivity contribution in [3.8, 4) is 0 Å². The summed E-state index contributed by atoms with van der Waals surface area (Å²) in [6.07, 6.45) is 2.42. The van der Waals surface area contributed by atoms with E-state index in [9.17, 15) is 4.79 Å². The Bertz CT molecular complexity index is 471. The molecule has 1 aromatic carbocycles. The smallest absolute Gasteiger partial charge is 0.339 e. The van der Waals surface area contributed by atoms with Crippen molar-refractivity contribution in [2.24, 2.45) is 5.92 Å². The summed E-state index contributed by atoms with van der Waals surface area (Å²) >= 11 is 6.00. The van der Waals surface area contributed by atoms with E-state index in [1.807, 2.05) is 6.07 Å². The highest BCUT2D eigenvalue weighted by atomic mass is 35.5. The van der Waals surface area contributed by atoms with E-state index >= 15 is 0 Å². The van der Waals surface area contributed by atoms with E-state index in [4.69, 9.17) is 16.3 Å². The summed E-state index contributed by atoms with van der Waals surface area (Å²) in [4.78, 5) is 13.9. The summed E-state index contributed by atoms with van der Waals surface area (Å²) in [6.45, 7) is 3.23. The molecule has 1 aliphatic rings. The Morgan fingerprint density at radius 3 is 2.80 bits per heavy atom. The zero-order chi connectivity index (χ0) is 14.5. The first-order valence-corrected chi connectivity index (χ1v) is 7.28. The van der Waals surface area contributed by atoms with Gasteiger partial charge >= 0.3 is 5.97 Å². The molecule has 1 N–H and O–H groups in total. The fourth-order valence-electron chi connectivity index (χ4n) is 2.43. The third kappa shape index (κ3) is 3.87. The van der Waals surface area contributed by atoms with E-state index in [0.717, 1.165) is 25.3 Å². The van der Waals surface area contributed by atoms with Crippen LogP contribution in [0.25, 0.3) is 0 Å². The molecule has 5 heteroatoms. The number of nitrogens with zero attached hydrogens (tertiary/aromatic N) is 1. The van der Waals surface area contributed by atoms with Crippen LogP contribution in [0.3, 0.4) is 0 Å². The fourth-order valence-corrected chi connectivity index (χ4v) is 2.62. The summed E-state index contributed by atoms with van der Waals surface area (Å²) in [5.74, 6) is 0.279. The first kappa shape index (κ1) is 15.1. The number of carbonyl (C=O) groups is 1. The maximum absolute atomic E-state index is 11.6. The average Bonchev–Trinajstić information content (AvgIpc) is 2.47. The minimum Gasteiger partial charge on any atom is -0.465 e. The van der Waals surface area contributed by atoms with Gasteiger partial charge in [0.15, 0.2) is 0 Å². The Hall–Kier alpha value is -1.26. The molecule has 1 aliphatic heterocycles. The number of halogens is 1. The van der Waals surface area contributed by atoms with Crippen molar-refractivity contribution >= 4 is 23.3 Å². The van der Waals surface area contributed by atoms with Crippen LogP contribution in [0.1, 0.15) is 23.2 Å². The van der Waals surface area contributed by atoms with Gasteiger partial charge in [-0.1, -0.05) is 11.6 Å². The van der Waals surface area contributed by atoms with Crippen LogP contribution in [0.15, 0.2) is 18.2 Å². The number of esters is 1. The van der Waals surface area contributed by atoms with Crippen molar-refractivity contribution in [1.29, 1.82) is 0 Å². The standard InChI is InChI=1S/C15H21ClN2O2/c1-18-7-5-11(6-8-18)10-17-12-3-4-14(16)13(9-12)15(19)20-2/h3-4,9,11,17H,5-8,10H2,1-2H3. The molecule has 0 aromatic heterocycles. The first-order chi connectivity index (χ1) is 9.60. The monoisotopic (exact) mass is 296 g/mol. The quantitative estimate of drug-likeness (QED) is 0.868. The number of nitrogens with one attached hydrogen (secondary N) is 1. The molecule has 2 rings (SSSR count). The van der Waals surface area contributed by atoms with Crippen molar-refractivity contribution in [1.82, 2.24) is 4.90 Å². The molecule has 110 valence electrons. The summed E-state index contributed by atoms with van der Waals surface area (Å²) in [7, 11) is 3.52. The van der Waals surface area contributed by atoms with Crippen LogP contribution >= 0.6 is 11.6 Å². The average molecular weight is 297 g/mol. The number of methoxy groups -OCH3 is 1. The third-order valence-corrected chi connectivity index (χ3v) is 4.13. The number of anilines is 1. The van der Waals surface area contributed by atoms with Gasteiger partial charge in [0.05, 0.1) is 17.7 Å². The molecule has 0 amide bonds. The van der Waals surface area contributed by atoms with Crippen LogP contribution in [0.5, 0.6) is 0 Å². The van der Waals surface area contributed by atoms with Crippen molar-refractivity contribution < 1.29 is 9.53 Å². The Kier molecular flexibility index (Phi) is 5.26. The number of hydrogen-bond donors (Lipinski definition) is 1. The third-order valence-electron chi connectivity index (χ3n) is 3.80. The normalized spacial score (nSPS) is 16.9. The number of likely N-dealkylation sites (tertiary alicyclic amines) is 1. The molecule has 20 heavy (non-hydrogen) atoms. The maximum Gasteiger partial charge on any atom is 0.339 e. The van der Waals surface area contributed by atoms with E-state index in [2.05, 4.69) is 17.3 Å². The van der Waals surface area contributed by atoms with Crippen molar-refractivity contribution in [3.63, 3.8) is 0 Å². The van der Waals surface area contributed by atoms with Gasteiger partial charge < -0.3 is 15.0 Å². The van der Waals surface area contributed by atoms with Gasteiger partial charge in [0, 0.05) is 12.2 Å². The second-order valence-corrected chi connectivity index (χ2v) is 5.72. The molecule has 0 spiro atoms. The van der Waals surface area contributed by atoms with E-state index < -0.39 is 5.97 Å². The highest BCUT2D eigenvalue weighted by Gasteiger charge is 2.17. The Balaban J connectivity index is 1.94. The Morgan fingerprint density at radius 1 is 1.45 bits per heavy atom. The SMILES string of the molecule is COC(=O)c1cc(NCC2CCN(C)CC2)ccc1Cl. The molecule has 0 bridgehead atoms. The summed E-state index contributed by atoms with van der Waals surface area (Å²) in [5, 5.41) is 3.81. The number of piperidine rings is 1. The van der Waals surface area contributed by atoms with Gasteiger partial charge in [-0.2, -0.15) is 0 Å². The van der Waals surface area contributed by atoms with Gasteiger partial charge in [-0.15, -0.1) is 0 Å². The fraction of sp³-hybridized carbons (Fsp3) is 0.533. The lowest BCUT2D eigenvalue weighted by atomic mass is 9.97. The molecule has 1 fully saturated rings. The van der Waals surface area contributed by atoms with Crippen molar-refractivity contribution in [2.45, 2.75) is 12.8 Å². The molecule has 4 nitrogen and oxygen atoms in total. The molecule has 0 atom stereocenters. The van der Waals surface area contributed by atoms with Gasteiger partial charge in [-0.25, -0.2) is 4.79 Å². The summed E-state index contributed by atoms with van der Waals surface area (Å²) in [5.41, 5.74) is 1.32. The van der Waals surface area contributed by atoms with Crippen LogP contribution in [-0.4, -0.2) is 44.7 Å². The van der Waals surface area contributed by atoms with Crippen LogP contribution in [0.2, 0.25) is 5.02 Å². The van der Waals surface area contributed by atoms with Crippen LogP contribution in [0, 0.1) is 5.92 Å². The van der Waals surface area contributed by atoms with Gasteiger partial charge in [-0.05, 0) is 57.1 Å². The number of carbonyl (C=O) groups excluding carboxylic acids is 1. The van der Waals surface area contributed by atoms with E-state index in [1.54, 1.807) is 12.1 Å². The second-order valence-electron chi connectivity index (χ2n) is 5.31. The number of benzene rings is 1.